The van der Waals surface area contributed by atoms with Gasteiger partial charge < -0.3 is 19.5 Å². The minimum absolute atomic E-state index is 0.0297. The first-order valence-corrected chi connectivity index (χ1v) is 30.6. The molecule has 4 N–H and O–H groups in total. The molecule has 20 nitrogen and oxygen atoms in total. The molecule has 1 atom stereocenters. The second-order valence-corrected chi connectivity index (χ2v) is 27.4. The van der Waals surface area contributed by atoms with Gasteiger partial charge in [0, 0.05) is 72.7 Å². The second-order valence-electron chi connectivity index (χ2n) is 21.5. The molecule has 3 aromatic carbocycles. The standard InChI is InChI=1S/C53H62N4O16S4/c1-51(2,3)37-30-35(11-19-45-52(4,5)41-32-39(76(67,68)69)15-17-43(41)55(45)26-28-74(61,62)63)50(73-38-13-8-34(9-14-38)10-21-47(58)54-24-25-57-48(59)22-23-49(57)60)36(31-37)12-20-46-53(6,7)42-33-40(77(70,71)72)16-18-44(42)56(46)27-29-75(64,65)66/h8-9,11-20,22-23,32-33,37H,10,21,24-31H2,1-7H3,(H4-,54,58,61,62,63,64,65,66,67,68,69,70,71,72). The number of imide groups is 1. The second kappa shape index (κ2) is 21.6. The van der Waals surface area contributed by atoms with Crippen LogP contribution in [0.2, 0.25) is 0 Å². The number of rotatable bonds is 19. The topological polar surface area (TPSA) is 302 Å². The Morgan fingerprint density at radius 2 is 1.40 bits per heavy atom. The van der Waals surface area contributed by atoms with Crippen LogP contribution in [-0.4, -0.2) is 122 Å². The van der Waals surface area contributed by atoms with E-state index in [-0.39, 0.29) is 54.7 Å². The van der Waals surface area contributed by atoms with Crippen molar-refractivity contribution < 1.29 is 75.6 Å². The smallest absolute Gasteiger partial charge is 0.294 e. The summed E-state index contributed by atoms with van der Waals surface area (Å²) < 4.78 is 148. The molecule has 77 heavy (non-hydrogen) atoms. The fourth-order valence-electron chi connectivity index (χ4n) is 10.1. The monoisotopic (exact) mass is 1140 g/mol. The van der Waals surface area contributed by atoms with Crippen LogP contribution in [0.1, 0.15) is 84.4 Å². The average molecular weight is 1140 g/mol. The molecule has 0 saturated heterocycles. The average Bonchev–Trinajstić information content (AvgIpc) is 3.84. The molecule has 1 unspecified atom stereocenters. The maximum absolute atomic E-state index is 12.8. The molecule has 3 aromatic rings. The Morgan fingerprint density at radius 3 is 2.00 bits per heavy atom. The number of nitrogens with zero attached hydrogens (tertiary/aromatic N) is 3. The van der Waals surface area contributed by atoms with Gasteiger partial charge in [-0.2, -0.15) is 29.8 Å². The molecule has 3 heterocycles. The van der Waals surface area contributed by atoms with Crippen molar-refractivity contribution in [1.29, 1.82) is 0 Å². The van der Waals surface area contributed by atoms with Crippen LogP contribution in [0.4, 0.5) is 11.4 Å². The van der Waals surface area contributed by atoms with E-state index in [4.69, 9.17) is 4.74 Å². The number of benzene rings is 3. The lowest BCUT2D eigenvalue weighted by Gasteiger charge is -2.36. The van der Waals surface area contributed by atoms with Gasteiger partial charge in [-0.1, -0.05) is 52.8 Å². The van der Waals surface area contributed by atoms with Crippen molar-refractivity contribution in [1.82, 2.24) is 10.2 Å². The summed E-state index contributed by atoms with van der Waals surface area (Å²) >= 11 is 0. The lowest BCUT2D eigenvalue weighted by atomic mass is 9.70. The van der Waals surface area contributed by atoms with Gasteiger partial charge in [0.1, 0.15) is 27.4 Å². The summed E-state index contributed by atoms with van der Waals surface area (Å²) in [4.78, 5) is 38.4. The molecular weight excluding hydrogens is 1080 g/mol. The van der Waals surface area contributed by atoms with Crippen LogP contribution in [0, 0.1) is 11.3 Å². The highest BCUT2D eigenvalue weighted by Gasteiger charge is 2.46. The van der Waals surface area contributed by atoms with Crippen molar-refractivity contribution in [2.75, 3.05) is 42.6 Å². The number of carbonyl (C=O) groups is 3. The number of anilines is 1. The molecule has 1 aliphatic carbocycles. The molecule has 0 aromatic heterocycles. The van der Waals surface area contributed by atoms with Crippen molar-refractivity contribution in [2.45, 2.75) is 94.8 Å². The zero-order valence-electron chi connectivity index (χ0n) is 43.5. The van der Waals surface area contributed by atoms with E-state index in [1.807, 2.05) is 12.2 Å². The number of allylic oxidation sites excluding steroid dienone is 7. The molecule has 0 fully saturated rings. The van der Waals surface area contributed by atoms with Gasteiger partial charge in [0.2, 0.25) is 11.6 Å². The van der Waals surface area contributed by atoms with E-state index < -0.39 is 79.5 Å². The van der Waals surface area contributed by atoms with E-state index in [2.05, 4.69) is 26.1 Å². The van der Waals surface area contributed by atoms with Crippen molar-refractivity contribution in [2.24, 2.45) is 11.3 Å². The van der Waals surface area contributed by atoms with Crippen molar-refractivity contribution in [3.8, 4) is 5.75 Å². The summed E-state index contributed by atoms with van der Waals surface area (Å²) in [5.41, 5.74) is 2.52. The zero-order valence-corrected chi connectivity index (χ0v) is 46.8. The summed E-state index contributed by atoms with van der Waals surface area (Å²) in [6.45, 7) is 13.1. The van der Waals surface area contributed by atoms with Gasteiger partial charge in [-0.3, -0.25) is 32.9 Å². The van der Waals surface area contributed by atoms with Gasteiger partial charge in [0.05, 0.1) is 21.0 Å². The molecule has 24 heteroatoms. The van der Waals surface area contributed by atoms with Gasteiger partial charge in [-0.05, 0) is 121 Å². The lowest BCUT2D eigenvalue weighted by molar-refractivity contribution is -0.432. The number of aryl methyl sites for hydroxylation is 1. The molecule has 414 valence electrons. The molecule has 4 aliphatic rings. The lowest BCUT2D eigenvalue weighted by Crippen LogP contribution is -2.38. The molecular formula is C53H62N4O16S4. The van der Waals surface area contributed by atoms with E-state index >= 15 is 0 Å². The zero-order chi connectivity index (χ0) is 56.8. The highest BCUT2D eigenvalue weighted by molar-refractivity contribution is 7.86. The van der Waals surface area contributed by atoms with Gasteiger partial charge >= 0.3 is 0 Å². The summed E-state index contributed by atoms with van der Waals surface area (Å²) in [6, 6.07) is 14.9. The van der Waals surface area contributed by atoms with Crippen LogP contribution in [0.15, 0.2) is 130 Å². The largest absolute Gasteiger partial charge is 0.744 e. The summed E-state index contributed by atoms with van der Waals surface area (Å²) in [6.07, 6.45) is 10.9. The minimum atomic E-state index is -4.89. The Balaban J connectivity index is 1.33. The Kier molecular flexibility index (Phi) is 16.4. The quantitative estimate of drug-likeness (QED) is 0.0615. The molecule has 0 spiro atoms. The number of carbonyl (C=O) groups excluding carboxylic acids is 3. The van der Waals surface area contributed by atoms with Gasteiger partial charge in [0.25, 0.3) is 42.2 Å². The maximum atomic E-state index is 12.8. The van der Waals surface area contributed by atoms with E-state index in [1.165, 1.54) is 42.5 Å². The summed E-state index contributed by atoms with van der Waals surface area (Å²) in [5, 5.41) is 2.73. The SMILES string of the molecule is CC1(C)C(/C=C/C2=C(Oc3ccc(CCC(=O)NCCN4C(=O)C=CC4=O)cc3)C(=C/C=C3/N(CCS(=O)(=O)O)c4ccc(S(=O)(=O)O)cc4C3(C)C)/CC(C(C)(C)C)C2)=[N+](CCS(=O)(=O)O)c2ccc(S(=O)(=O)[O-])cc21. The van der Waals surface area contributed by atoms with Gasteiger partial charge in [0.15, 0.2) is 12.3 Å². The van der Waals surface area contributed by atoms with Crippen LogP contribution in [0.5, 0.6) is 5.75 Å². The Hall–Kier alpha value is -6.12. The predicted molar refractivity (Wildman–Crippen MR) is 285 cm³/mol. The number of hydrogen-bond acceptors (Lipinski definition) is 14. The van der Waals surface area contributed by atoms with E-state index in [9.17, 15) is 66.3 Å². The highest BCUT2D eigenvalue weighted by Crippen LogP contribution is 2.50. The third kappa shape index (κ3) is 13.6. The minimum Gasteiger partial charge on any atom is -0.744 e. The van der Waals surface area contributed by atoms with Crippen LogP contribution in [-0.2, 0) is 72.1 Å². The van der Waals surface area contributed by atoms with Crippen molar-refractivity contribution in [3.63, 3.8) is 0 Å². The molecule has 0 radical (unpaired) electrons. The van der Waals surface area contributed by atoms with Gasteiger partial charge in [-0.15, -0.1) is 0 Å². The van der Waals surface area contributed by atoms with Crippen LogP contribution < -0.4 is 15.0 Å². The van der Waals surface area contributed by atoms with E-state index in [0.29, 0.717) is 75.8 Å². The number of fused-ring (bicyclic) bond motifs is 2. The van der Waals surface area contributed by atoms with Crippen LogP contribution in [0.3, 0.4) is 0 Å². The normalized spacial score (nSPS) is 19.8. The van der Waals surface area contributed by atoms with Gasteiger partial charge in [-0.25, -0.2) is 8.42 Å². The Labute approximate surface area is 449 Å². The van der Waals surface area contributed by atoms with Crippen molar-refractivity contribution in [3.05, 3.63) is 136 Å². The summed E-state index contributed by atoms with van der Waals surface area (Å²) in [7, 11) is -18.5. The molecule has 7 rings (SSSR count). The van der Waals surface area contributed by atoms with Crippen LogP contribution in [0.25, 0.3) is 0 Å². The summed E-state index contributed by atoms with van der Waals surface area (Å²) in [5.74, 6) is -1.83. The van der Waals surface area contributed by atoms with E-state index in [0.717, 1.165) is 16.5 Å². The van der Waals surface area contributed by atoms with Crippen LogP contribution >= 0.6 is 0 Å². The first kappa shape index (κ1) is 58.6. The Bertz CT molecular complexity index is 3570. The third-order valence-electron chi connectivity index (χ3n) is 14.4. The first-order valence-electron chi connectivity index (χ1n) is 24.5. The third-order valence-corrected chi connectivity index (χ3v) is 17.5. The molecule has 0 saturated carbocycles. The molecule has 0 bridgehead atoms. The fraction of sp³-hybridized carbons (Fsp3) is 0.396. The fourth-order valence-corrected chi connectivity index (χ4v) is 11.9. The number of ether oxygens (including phenoxy) is 1. The molecule has 3 aliphatic heterocycles. The maximum Gasteiger partial charge on any atom is 0.294 e. The first-order chi connectivity index (χ1) is 35.5. The number of hydrogen-bond donors (Lipinski definition) is 4. The van der Waals surface area contributed by atoms with E-state index in [1.54, 1.807) is 73.6 Å². The van der Waals surface area contributed by atoms with Crippen molar-refractivity contribution >= 4 is 75.3 Å². The highest BCUT2D eigenvalue weighted by atomic mass is 32.2. The predicted octanol–water partition coefficient (Wildman–Crippen LogP) is 5.92. The molecule has 3 amide bonds. The number of amides is 3. The number of nitrogens with one attached hydrogen (secondary N) is 1. The Morgan fingerprint density at radius 1 is 0.779 bits per heavy atom.